The highest BCUT2D eigenvalue weighted by Crippen LogP contribution is 2.32. The minimum Gasteiger partial charge on any atom is -0.394 e. The first-order chi connectivity index (χ1) is 10.1. The van der Waals surface area contributed by atoms with E-state index in [1.54, 1.807) is 11.8 Å². The molecule has 0 fully saturated rings. The molecule has 1 aromatic rings. The van der Waals surface area contributed by atoms with Gasteiger partial charge in [-0.1, -0.05) is 51.1 Å². The third kappa shape index (κ3) is 6.39. The van der Waals surface area contributed by atoms with Crippen molar-refractivity contribution >= 4 is 11.8 Å². The Morgan fingerprint density at radius 3 is 2.38 bits per heavy atom. The number of thioether (sulfide) groups is 1. The van der Waals surface area contributed by atoms with Crippen LogP contribution in [0.5, 0.6) is 0 Å². The zero-order chi connectivity index (χ0) is 15.7. The van der Waals surface area contributed by atoms with Crippen LogP contribution in [0.1, 0.15) is 38.8 Å². The molecule has 0 spiro atoms. The quantitative estimate of drug-likeness (QED) is 0.622. The van der Waals surface area contributed by atoms with E-state index in [0.717, 1.165) is 13.0 Å². The van der Waals surface area contributed by atoms with E-state index in [1.807, 2.05) is 6.07 Å². The van der Waals surface area contributed by atoms with Gasteiger partial charge in [0, 0.05) is 17.0 Å². The molecule has 0 saturated heterocycles. The van der Waals surface area contributed by atoms with Crippen LogP contribution in [0, 0.1) is 5.92 Å². The second-order valence-corrected chi connectivity index (χ2v) is 6.93. The molecule has 3 unspecified atom stereocenters. The molecular formula is C17H29NO2S. The smallest absolute Gasteiger partial charge is 0.0861 e. The molecule has 4 heteroatoms. The van der Waals surface area contributed by atoms with Crippen LogP contribution in [-0.4, -0.2) is 40.5 Å². The van der Waals surface area contributed by atoms with Crippen LogP contribution in [-0.2, 0) is 0 Å². The maximum Gasteiger partial charge on any atom is 0.0861 e. The van der Waals surface area contributed by atoms with E-state index >= 15 is 0 Å². The highest BCUT2D eigenvalue weighted by molar-refractivity contribution is 8.00. The Balaban J connectivity index is 2.84. The first-order valence-electron chi connectivity index (χ1n) is 7.79. The molecule has 1 aromatic carbocycles. The standard InChI is InChI=1S/C17H29NO2S/c1-4-10-18-16(14-8-6-5-7-9-14)17(13(2)3)21-12-15(20)11-19/h5-9,13,15-20H,4,10-12H2,1-3H3. The molecule has 0 heterocycles. The number of hydrogen-bond donors (Lipinski definition) is 3. The average molecular weight is 311 g/mol. The summed E-state index contributed by atoms with van der Waals surface area (Å²) in [4.78, 5) is 0. The number of aliphatic hydroxyl groups excluding tert-OH is 2. The Morgan fingerprint density at radius 2 is 1.86 bits per heavy atom. The van der Waals surface area contributed by atoms with E-state index in [2.05, 4.69) is 50.4 Å². The largest absolute Gasteiger partial charge is 0.394 e. The van der Waals surface area contributed by atoms with Crippen LogP contribution in [0.3, 0.4) is 0 Å². The highest BCUT2D eigenvalue weighted by Gasteiger charge is 2.26. The van der Waals surface area contributed by atoms with Crippen molar-refractivity contribution in [2.75, 3.05) is 18.9 Å². The number of benzene rings is 1. The van der Waals surface area contributed by atoms with Crippen LogP contribution in [0.15, 0.2) is 30.3 Å². The van der Waals surface area contributed by atoms with Gasteiger partial charge in [0.1, 0.15) is 0 Å². The van der Waals surface area contributed by atoms with Gasteiger partial charge in [-0.3, -0.25) is 0 Å². The molecule has 0 aliphatic heterocycles. The van der Waals surface area contributed by atoms with Crippen LogP contribution in [0.4, 0.5) is 0 Å². The van der Waals surface area contributed by atoms with Crippen molar-refractivity contribution in [3.05, 3.63) is 35.9 Å². The normalized spacial score (nSPS) is 15.9. The Morgan fingerprint density at radius 1 is 1.19 bits per heavy atom. The number of rotatable bonds is 10. The Kier molecular flexibility index (Phi) is 9.00. The van der Waals surface area contributed by atoms with Gasteiger partial charge in [0.2, 0.25) is 0 Å². The van der Waals surface area contributed by atoms with E-state index in [4.69, 9.17) is 5.11 Å². The maximum absolute atomic E-state index is 9.63. The Labute approximate surface area is 133 Å². The van der Waals surface area contributed by atoms with E-state index in [-0.39, 0.29) is 12.6 Å². The van der Waals surface area contributed by atoms with Crippen LogP contribution in [0.25, 0.3) is 0 Å². The van der Waals surface area contributed by atoms with E-state index in [9.17, 15) is 5.11 Å². The fourth-order valence-corrected chi connectivity index (χ4v) is 3.71. The lowest BCUT2D eigenvalue weighted by molar-refractivity contribution is 0.113. The molecule has 21 heavy (non-hydrogen) atoms. The van der Waals surface area contributed by atoms with Gasteiger partial charge in [0.25, 0.3) is 0 Å². The lowest BCUT2D eigenvalue weighted by Crippen LogP contribution is -2.35. The Bertz CT molecular complexity index is 372. The van der Waals surface area contributed by atoms with E-state index in [1.165, 1.54) is 5.56 Å². The summed E-state index contributed by atoms with van der Waals surface area (Å²) < 4.78 is 0. The molecule has 0 saturated carbocycles. The van der Waals surface area contributed by atoms with Gasteiger partial charge in [0.15, 0.2) is 0 Å². The predicted molar refractivity (Wildman–Crippen MR) is 91.7 cm³/mol. The molecule has 0 aromatic heterocycles. The van der Waals surface area contributed by atoms with Crippen LogP contribution in [0.2, 0.25) is 0 Å². The molecule has 0 aliphatic carbocycles. The zero-order valence-electron chi connectivity index (χ0n) is 13.3. The minimum atomic E-state index is -0.640. The molecule has 3 N–H and O–H groups in total. The summed E-state index contributed by atoms with van der Waals surface area (Å²) in [5.41, 5.74) is 1.29. The van der Waals surface area contributed by atoms with Crippen LogP contribution < -0.4 is 5.32 Å². The van der Waals surface area contributed by atoms with Crippen LogP contribution >= 0.6 is 11.8 Å². The first-order valence-corrected chi connectivity index (χ1v) is 8.83. The minimum absolute atomic E-state index is 0.170. The summed E-state index contributed by atoms with van der Waals surface area (Å²) in [5.74, 6) is 1.05. The van der Waals surface area contributed by atoms with Crippen molar-refractivity contribution in [3.63, 3.8) is 0 Å². The summed E-state index contributed by atoms with van der Waals surface area (Å²) >= 11 is 1.74. The molecule has 1 rings (SSSR count). The van der Waals surface area contributed by atoms with E-state index in [0.29, 0.717) is 16.9 Å². The molecule has 0 bridgehead atoms. The molecule has 0 amide bonds. The van der Waals surface area contributed by atoms with Crippen molar-refractivity contribution in [2.24, 2.45) is 5.92 Å². The summed E-state index contributed by atoms with van der Waals surface area (Å²) in [7, 11) is 0. The second-order valence-electron chi connectivity index (χ2n) is 5.72. The van der Waals surface area contributed by atoms with Gasteiger partial charge in [-0.15, -0.1) is 0 Å². The summed E-state index contributed by atoms with van der Waals surface area (Å²) in [6.45, 7) is 7.41. The SMILES string of the molecule is CCCNC(c1ccccc1)C(SCC(O)CO)C(C)C. The monoisotopic (exact) mass is 311 g/mol. The first kappa shape index (κ1) is 18.5. The van der Waals surface area contributed by atoms with Gasteiger partial charge in [-0.25, -0.2) is 0 Å². The molecule has 3 nitrogen and oxygen atoms in total. The van der Waals surface area contributed by atoms with Crippen molar-refractivity contribution in [1.82, 2.24) is 5.32 Å². The van der Waals surface area contributed by atoms with Gasteiger partial charge in [-0.2, -0.15) is 11.8 Å². The van der Waals surface area contributed by atoms with Gasteiger partial charge >= 0.3 is 0 Å². The maximum atomic E-state index is 9.63. The molecule has 3 atom stereocenters. The van der Waals surface area contributed by atoms with Gasteiger partial charge < -0.3 is 15.5 Å². The molecule has 0 radical (unpaired) electrons. The van der Waals surface area contributed by atoms with Crippen molar-refractivity contribution in [1.29, 1.82) is 0 Å². The lowest BCUT2D eigenvalue weighted by Gasteiger charge is -2.31. The molecular weight excluding hydrogens is 282 g/mol. The third-order valence-electron chi connectivity index (χ3n) is 3.45. The fourth-order valence-electron chi connectivity index (χ4n) is 2.33. The van der Waals surface area contributed by atoms with Gasteiger partial charge in [0.05, 0.1) is 12.7 Å². The Hall–Kier alpha value is -0.550. The topological polar surface area (TPSA) is 52.5 Å². The van der Waals surface area contributed by atoms with Crippen molar-refractivity contribution in [3.8, 4) is 0 Å². The van der Waals surface area contributed by atoms with Crippen molar-refractivity contribution in [2.45, 2.75) is 44.6 Å². The lowest BCUT2D eigenvalue weighted by atomic mass is 9.96. The summed E-state index contributed by atoms with van der Waals surface area (Å²) in [5, 5.41) is 22.6. The summed E-state index contributed by atoms with van der Waals surface area (Å²) in [6, 6.07) is 10.8. The highest BCUT2D eigenvalue weighted by atomic mass is 32.2. The number of hydrogen-bond acceptors (Lipinski definition) is 4. The third-order valence-corrected chi connectivity index (χ3v) is 5.23. The zero-order valence-corrected chi connectivity index (χ0v) is 14.1. The molecule has 0 aliphatic rings. The number of nitrogens with one attached hydrogen (secondary N) is 1. The number of aliphatic hydroxyl groups is 2. The van der Waals surface area contributed by atoms with Crippen molar-refractivity contribution < 1.29 is 10.2 Å². The fraction of sp³-hybridized carbons (Fsp3) is 0.647. The predicted octanol–water partition coefficient (Wildman–Crippen LogP) is 2.84. The summed E-state index contributed by atoms with van der Waals surface area (Å²) in [6.07, 6.45) is 0.455. The molecule has 120 valence electrons. The average Bonchev–Trinajstić information content (AvgIpc) is 2.50. The van der Waals surface area contributed by atoms with E-state index < -0.39 is 6.10 Å². The van der Waals surface area contributed by atoms with Gasteiger partial charge in [-0.05, 0) is 24.4 Å². The second kappa shape index (κ2) is 10.2.